The second-order valence-corrected chi connectivity index (χ2v) is 5.93. The van der Waals surface area contributed by atoms with Gasteiger partial charge in [0.25, 0.3) is 0 Å². The molecule has 1 atom stereocenters. The van der Waals surface area contributed by atoms with Crippen molar-refractivity contribution in [3.63, 3.8) is 0 Å². The zero-order valence-electron chi connectivity index (χ0n) is 11.3. The Morgan fingerprint density at radius 3 is 2.50 bits per heavy atom. The molecule has 1 aliphatic heterocycles. The lowest BCUT2D eigenvalue weighted by molar-refractivity contribution is -0.131. The van der Waals surface area contributed by atoms with Crippen molar-refractivity contribution in [3.05, 3.63) is 24.0 Å². The zero-order valence-corrected chi connectivity index (χ0v) is 11.3. The molecule has 1 saturated heterocycles. The van der Waals surface area contributed by atoms with Gasteiger partial charge in [-0.1, -0.05) is 6.08 Å². The maximum absolute atomic E-state index is 12.2. The van der Waals surface area contributed by atoms with Gasteiger partial charge in [0.2, 0.25) is 5.91 Å². The second-order valence-electron chi connectivity index (χ2n) is 5.93. The molecule has 2 rings (SSSR count). The highest BCUT2D eigenvalue weighted by atomic mass is 16.5. The highest BCUT2D eigenvalue weighted by molar-refractivity contribution is 6.01. The summed E-state index contributed by atoms with van der Waals surface area (Å²) in [6.45, 7) is 6.60. The van der Waals surface area contributed by atoms with Crippen LogP contribution in [0.5, 0.6) is 0 Å². The molecule has 98 valence electrons. The maximum Gasteiger partial charge on any atom is 0.224 e. The van der Waals surface area contributed by atoms with Crippen LogP contribution < -0.4 is 0 Å². The SMILES string of the molecule is COC1=CC(=O)C=CC12CC(=O)N(C(C)(C)C)C2. The van der Waals surface area contributed by atoms with Crippen molar-refractivity contribution in [1.29, 1.82) is 0 Å². The van der Waals surface area contributed by atoms with E-state index in [1.807, 2.05) is 31.7 Å². The Labute approximate surface area is 107 Å². The molecule has 1 heterocycles. The van der Waals surface area contributed by atoms with Crippen LogP contribution in [0.1, 0.15) is 27.2 Å². The van der Waals surface area contributed by atoms with E-state index in [1.54, 1.807) is 7.11 Å². The summed E-state index contributed by atoms with van der Waals surface area (Å²) in [5, 5.41) is 0. The normalized spacial score (nSPS) is 28.0. The minimum atomic E-state index is -0.465. The molecule has 1 aliphatic carbocycles. The third kappa shape index (κ3) is 1.96. The van der Waals surface area contributed by atoms with Crippen molar-refractivity contribution in [2.24, 2.45) is 5.41 Å². The number of hydrogen-bond acceptors (Lipinski definition) is 3. The van der Waals surface area contributed by atoms with Crippen molar-refractivity contribution in [2.45, 2.75) is 32.7 Å². The molecule has 0 N–H and O–H groups in total. The molecule has 0 aromatic carbocycles. The van der Waals surface area contributed by atoms with Gasteiger partial charge in [-0.15, -0.1) is 0 Å². The van der Waals surface area contributed by atoms with Crippen LogP contribution in [-0.4, -0.2) is 35.8 Å². The van der Waals surface area contributed by atoms with E-state index in [2.05, 4.69) is 0 Å². The third-order valence-electron chi connectivity index (χ3n) is 3.57. The van der Waals surface area contributed by atoms with Gasteiger partial charge < -0.3 is 9.64 Å². The smallest absolute Gasteiger partial charge is 0.224 e. The summed E-state index contributed by atoms with van der Waals surface area (Å²) in [6, 6.07) is 0. The Hall–Kier alpha value is -1.58. The average molecular weight is 249 g/mol. The van der Waals surface area contributed by atoms with E-state index in [-0.39, 0.29) is 17.2 Å². The molecule has 4 heteroatoms. The summed E-state index contributed by atoms with van der Waals surface area (Å²) < 4.78 is 5.32. The van der Waals surface area contributed by atoms with E-state index in [1.165, 1.54) is 12.2 Å². The van der Waals surface area contributed by atoms with Crippen LogP contribution in [0.15, 0.2) is 24.0 Å². The Bertz CT molecular complexity index is 456. The minimum Gasteiger partial charge on any atom is -0.500 e. The molecular formula is C14H19NO3. The fraction of sp³-hybridized carbons (Fsp3) is 0.571. The summed E-state index contributed by atoms with van der Waals surface area (Å²) >= 11 is 0. The Balaban J connectivity index is 2.35. The van der Waals surface area contributed by atoms with Crippen molar-refractivity contribution < 1.29 is 14.3 Å². The first-order valence-corrected chi connectivity index (χ1v) is 6.08. The van der Waals surface area contributed by atoms with Crippen molar-refractivity contribution in [3.8, 4) is 0 Å². The lowest BCUT2D eigenvalue weighted by Gasteiger charge is -2.35. The van der Waals surface area contributed by atoms with Gasteiger partial charge in [0.15, 0.2) is 5.78 Å². The highest BCUT2D eigenvalue weighted by Gasteiger charge is 2.49. The van der Waals surface area contributed by atoms with E-state index < -0.39 is 5.41 Å². The molecule has 4 nitrogen and oxygen atoms in total. The largest absolute Gasteiger partial charge is 0.500 e. The Morgan fingerprint density at radius 1 is 1.33 bits per heavy atom. The number of ketones is 1. The van der Waals surface area contributed by atoms with E-state index in [9.17, 15) is 9.59 Å². The Kier molecular flexibility index (Phi) is 2.84. The molecule has 0 aromatic rings. The molecule has 1 amide bonds. The fourth-order valence-electron chi connectivity index (χ4n) is 2.59. The lowest BCUT2D eigenvalue weighted by atomic mass is 9.81. The van der Waals surface area contributed by atoms with E-state index >= 15 is 0 Å². The van der Waals surface area contributed by atoms with Crippen molar-refractivity contribution >= 4 is 11.7 Å². The lowest BCUT2D eigenvalue weighted by Crippen LogP contribution is -2.43. The van der Waals surface area contributed by atoms with Crippen molar-refractivity contribution in [2.75, 3.05) is 13.7 Å². The third-order valence-corrected chi connectivity index (χ3v) is 3.57. The minimum absolute atomic E-state index is 0.0841. The number of ether oxygens (including phenoxy) is 1. The topological polar surface area (TPSA) is 46.6 Å². The van der Waals surface area contributed by atoms with Crippen LogP contribution in [0.3, 0.4) is 0 Å². The van der Waals surface area contributed by atoms with Crippen LogP contribution in [0.4, 0.5) is 0 Å². The summed E-state index contributed by atoms with van der Waals surface area (Å²) in [6.07, 6.45) is 5.20. The van der Waals surface area contributed by atoms with Crippen LogP contribution in [0.25, 0.3) is 0 Å². The molecule has 1 fully saturated rings. The maximum atomic E-state index is 12.2. The summed E-state index contributed by atoms with van der Waals surface area (Å²) in [4.78, 5) is 25.4. The second kappa shape index (κ2) is 3.97. The number of methoxy groups -OCH3 is 1. The summed E-state index contributed by atoms with van der Waals surface area (Å²) in [5.41, 5.74) is -0.679. The number of rotatable bonds is 1. The van der Waals surface area contributed by atoms with Gasteiger partial charge in [0, 0.05) is 24.6 Å². The number of amides is 1. The fourth-order valence-corrected chi connectivity index (χ4v) is 2.59. The van der Waals surface area contributed by atoms with E-state index in [4.69, 9.17) is 4.74 Å². The molecule has 1 unspecified atom stereocenters. The number of hydrogen-bond donors (Lipinski definition) is 0. The van der Waals surface area contributed by atoms with Crippen molar-refractivity contribution in [1.82, 2.24) is 4.90 Å². The van der Waals surface area contributed by atoms with Crippen LogP contribution >= 0.6 is 0 Å². The predicted molar refractivity (Wildman–Crippen MR) is 67.8 cm³/mol. The molecule has 0 aromatic heterocycles. The van der Waals surface area contributed by atoms with Gasteiger partial charge in [0.05, 0.1) is 12.5 Å². The van der Waals surface area contributed by atoms with Gasteiger partial charge in [-0.25, -0.2) is 0 Å². The molecule has 0 bridgehead atoms. The molecule has 18 heavy (non-hydrogen) atoms. The first-order chi connectivity index (χ1) is 8.28. The quantitative estimate of drug-likeness (QED) is 0.710. The monoisotopic (exact) mass is 249 g/mol. The number of carbonyl (C=O) groups excluding carboxylic acids is 2. The van der Waals surface area contributed by atoms with Gasteiger partial charge in [-0.2, -0.15) is 0 Å². The van der Waals surface area contributed by atoms with Crippen LogP contribution in [0, 0.1) is 5.41 Å². The predicted octanol–water partition coefficient (Wildman–Crippen LogP) is 1.67. The molecule has 0 radical (unpaired) electrons. The molecule has 1 spiro atoms. The van der Waals surface area contributed by atoms with Gasteiger partial charge in [-0.3, -0.25) is 9.59 Å². The highest BCUT2D eigenvalue weighted by Crippen LogP contribution is 2.44. The molecular weight excluding hydrogens is 230 g/mol. The van der Waals surface area contributed by atoms with Crippen LogP contribution in [-0.2, 0) is 14.3 Å². The standard InChI is InChI=1S/C14H19NO3/c1-13(2,3)15-9-14(8-12(15)17)6-5-10(16)7-11(14)18-4/h5-7H,8-9H2,1-4H3. The Morgan fingerprint density at radius 2 is 2.00 bits per heavy atom. The van der Waals surface area contributed by atoms with Crippen LogP contribution in [0.2, 0.25) is 0 Å². The van der Waals surface area contributed by atoms with Gasteiger partial charge >= 0.3 is 0 Å². The molecule has 2 aliphatic rings. The number of nitrogens with zero attached hydrogens (tertiary/aromatic N) is 1. The number of carbonyl (C=O) groups is 2. The number of likely N-dealkylation sites (tertiary alicyclic amines) is 1. The van der Waals surface area contributed by atoms with Gasteiger partial charge in [-0.05, 0) is 26.8 Å². The first-order valence-electron chi connectivity index (χ1n) is 6.08. The average Bonchev–Trinajstić information content (AvgIpc) is 2.60. The first kappa shape index (κ1) is 12.9. The number of allylic oxidation sites excluding steroid dienone is 2. The van der Waals surface area contributed by atoms with E-state index in [0.717, 1.165) is 0 Å². The molecule has 0 saturated carbocycles. The van der Waals surface area contributed by atoms with E-state index in [0.29, 0.717) is 18.7 Å². The van der Waals surface area contributed by atoms with Gasteiger partial charge in [0.1, 0.15) is 5.76 Å². The summed E-state index contributed by atoms with van der Waals surface area (Å²) in [7, 11) is 1.55. The zero-order chi connectivity index (χ0) is 13.6. The summed E-state index contributed by atoms with van der Waals surface area (Å²) in [5.74, 6) is 0.610.